The zero-order valence-electron chi connectivity index (χ0n) is 28.5. The molecule has 2 saturated heterocycles. The molecule has 4 unspecified atom stereocenters. The summed E-state index contributed by atoms with van der Waals surface area (Å²) in [4.78, 5) is 0. The van der Waals surface area contributed by atoms with Crippen LogP contribution in [-0.2, 0) is 16.8 Å². The molecule has 3 rings (SSSR count). The molecule has 0 N–H and O–H groups in total. The van der Waals surface area contributed by atoms with Gasteiger partial charge >= 0.3 is 16.8 Å². The van der Waals surface area contributed by atoms with Gasteiger partial charge in [-0.15, -0.1) is 16.1 Å². The summed E-state index contributed by atoms with van der Waals surface area (Å²) in [5.41, 5.74) is 3.88. The molecule has 1 radical (unpaired) electrons. The number of rotatable bonds is 6. The van der Waals surface area contributed by atoms with Gasteiger partial charge in [0.15, 0.2) is 0 Å². The average molecular weight is 654 g/mol. The maximum Gasteiger partial charge on any atom is 2.00 e. The molecule has 0 nitrogen and oxygen atoms in total. The maximum atomic E-state index is 3.91. The molecule has 0 aromatic heterocycles. The third-order valence-corrected chi connectivity index (χ3v) is 17.3. The maximum absolute atomic E-state index is 3.91. The fourth-order valence-corrected chi connectivity index (χ4v) is 16.2. The van der Waals surface area contributed by atoms with E-state index in [1.165, 1.54) is 25.7 Å². The number of hydrogen-bond acceptors (Lipinski definition) is 0. The van der Waals surface area contributed by atoms with Crippen molar-refractivity contribution < 1.29 is 16.8 Å². The van der Waals surface area contributed by atoms with E-state index < -0.39 is 32.0 Å². The van der Waals surface area contributed by atoms with Gasteiger partial charge in [-0.25, -0.2) is 0 Å². The van der Waals surface area contributed by atoms with Crippen LogP contribution in [0.1, 0.15) is 81.1 Å². The summed E-state index contributed by atoms with van der Waals surface area (Å²) in [6.45, 7) is 41.1. The van der Waals surface area contributed by atoms with Crippen molar-refractivity contribution >= 4 is 42.6 Å². The van der Waals surface area contributed by atoms with Gasteiger partial charge in [-0.3, -0.25) is 0 Å². The molecule has 39 heavy (non-hydrogen) atoms. The van der Waals surface area contributed by atoms with Crippen molar-refractivity contribution in [1.82, 2.24) is 0 Å². The summed E-state index contributed by atoms with van der Waals surface area (Å²) in [5.74, 6) is 3.36. The molecule has 4 atom stereocenters. The van der Waals surface area contributed by atoms with E-state index in [1.54, 1.807) is 0 Å². The first kappa shape index (κ1) is 40.0. The van der Waals surface area contributed by atoms with Crippen LogP contribution >= 0.6 is 15.8 Å². The Labute approximate surface area is 262 Å². The van der Waals surface area contributed by atoms with Crippen LogP contribution in [0.3, 0.4) is 0 Å². The molecule has 1 aromatic carbocycles. The van der Waals surface area contributed by atoms with E-state index in [1.807, 2.05) is 10.6 Å². The van der Waals surface area contributed by atoms with Crippen LogP contribution in [0.2, 0.25) is 39.3 Å². The molecule has 2 heterocycles. The zero-order valence-corrected chi connectivity index (χ0v) is 33.5. The Morgan fingerprint density at radius 2 is 0.718 bits per heavy atom. The Morgan fingerprint density at radius 3 is 0.872 bits per heavy atom. The van der Waals surface area contributed by atoms with Crippen LogP contribution in [0.15, 0.2) is 24.3 Å². The Morgan fingerprint density at radius 1 is 0.538 bits per heavy atom. The minimum Gasteiger partial charge on any atom is -0.342 e. The summed E-state index contributed by atoms with van der Waals surface area (Å²) >= 11 is 0. The molecule has 1 aromatic rings. The van der Waals surface area contributed by atoms with Gasteiger partial charge in [0, 0.05) is 15.8 Å². The van der Waals surface area contributed by atoms with Crippen molar-refractivity contribution in [3.05, 3.63) is 37.4 Å². The number of hydrogen-bond donors (Lipinski definition) is 0. The number of benzene rings is 1. The van der Waals surface area contributed by atoms with Gasteiger partial charge in [0.1, 0.15) is 10.6 Å². The summed E-state index contributed by atoms with van der Waals surface area (Å²) < 4.78 is 0. The van der Waals surface area contributed by atoms with E-state index in [2.05, 4.69) is 132 Å². The summed E-state index contributed by atoms with van der Waals surface area (Å²) in [5, 5.41) is 3.77. The predicted molar refractivity (Wildman–Crippen MR) is 193 cm³/mol. The van der Waals surface area contributed by atoms with Gasteiger partial charge in [0.25, 0.3) is 0 Å². The van der Waals surface area contributed by atoms with Crippen molar-refractivity contribution in [1.29, 1.82) is 0 Å². The topological polar surface area (TPSA) is 0 Å². The fraction of sp³-hybridized carbons (Fsp3) is 0.765. The van der Waals surface area contributed by atoms with Crippen LogP contribution in [0.5, 0.6) is 0 Å². The zero-order chi connectivity index (χ0) is 29.6. The van der Waals surface area contributed by atoms with Gasteiger partial charge in [-0.2, -0.15) is 0 Å². The van der Waals surface area contributed by atoms with Crippen LogP contribution in [-0.4, -0.2) is 38.8 Å². The molecule has 229 valence electrons. The molecule has 0 bridgehead atoms. The predicted octanol–water partition coefficient (Wildman–Crippen LogP) is 10.4. The second kappa shape index (κ2) is 17.3. The summed E-state index contributed by atoms with van der Waals surface area (Å²) in [6, 6.07) is 9.94. The second-order valence-electron chi connectivity index (χ2n) is 16.1. The average Bonchev–Trinajstić information content (AvgIpc) is 3.36. The van der Waals surface area contributed by atoms with Crippen LogP contribution in [0.4, 0.5) is 0 Å². The molecule has 2 aliphatic rings. The van der Waals surface area contributed by atoms with Gasteiger partial charge in [-0.1, -0.05) is 107 Å². The molecule has 5 heteroatoms. The van der Waals surface area contributed by atoms with E-state index in [0.29, 0.717) is 0 Å². The van der Waals surface area contributed by atoms with Crippen LogP contribution < -0.4 is 10.6 Å². The van der Waals surface area contributed by atoms with Crippen molar-refractivity contribution in [3.8, 4) is 0 Å². The van der Waals surface area contributed by atoms with Crippen molar-refractivity contribution in [2.45, 2.75) is 143 Å². The third kappa shape index (κ3) is 13.9. The van der Waals surface area contributed by atoms with E-state index in [-0.39, 0.29) is 16.8 Å². The monoisotopic (exact) mass is 653 g/mol. The molecular weight excluding hydrogens is 585 g/mol. The van der Waals surface area contributed by atoms with Crippen LogP contribution in [0.25, 0.3) is 0 Å². The Bertz CT molecular complexity index is 699. The first-order valence-corrected chi connectivity index (χ1v) is 26.5. The van der Waals surface area contributed by atoms with E-state index in [0.717, 1.165) is 46.3 Å². The van der Waals surface area contributed by atoms with Crippen LogP contribution in [0, 0.1) is 36.8 Å². The van der Waals surface area contributed by atoms with E-state index in [9.17, 15) is 0 Å². The molecular formula is C34H68CoP2Si2+2. The Hall–Kier alpha value is 1.02. The van der Waals surface area contributed by atoms with Crippen molar-refractivity contribution in [3.63, 3.8) is 0 Å². The first-order chi connectivity index (χ1) is 17.2. The smallest absolute Gasteiger partial charge is 0.342 e. The second-order valence-corrected chi connectivity index (χ2v) is 32.2. The fourth-order valence-electron chi connectivity index (χ4n) is 6.45. The molecule has 0 spiro atoms. The molecule has 0 aliphatic carbocycles. The molecule has 0 saturated carbocycles. The summed E-state index contributed by atoms with van der Waals surface area (Å²) in [7, 11) is -2.73. The third-order valence-electron chi connectivity index (χ3n) is 7.94. The minimum atomic E-state index is -0.861. The quantitative estimate of drug-likeness (QED) is 0.163. The Balaban J connectivity index is 0.00000113. The molecule has 2 fully saturated rings. The van der Waals surface area contributed by atoms with E-state index in [4.69, 9.17) is 0 Å². The van der Waals surface area contributed by atoms with Crippen molar-refractivity contribution in [2.75, 3.05) is 0 Å². The van der Waals surface area contributed by atoms with Gasteiger partial charge < -0.3 is 13.1 Å². The summed E-state index contributed by atoms with van der Waals surface area (Å²) in [6.07, 6.45) is 5.91. The minimum absolute atomic E-state index is 0. The SMILES string of the molecule is CC(C)C1CCC(C(C)C)[PH+]1c1ccccc1[PH+]1C(C(C)C)CCC1C(C)C.[CH2-][Si](C)(C)C.[CH2-][Si](C)(C)C.[Co+2]. The standard InChI is InChI=1S/C26H44P2.2C4H11Si.Co/c1-17(2)21-13-14-22(18(3)4)27(21)25-11-9-10-12-26(25)28-23(19(5)6)15-16-24(28)20(7)8;2*1-5(2,3)4;/h9-12,17-24H,13-16H2,1-8H3;2*1H2,2-4H3;/q;2*-1;+2/p+2. The molecule has 2 aliphatic heterocycles. The normalized spacial score (nSPS) is 27.3. The Kier molecular flexibility index (Phi) is 17.8. The molecule has 0 amide bonds. The van der Waals surface area contributed by atoms with Gasteiger partial charge in [-0.05, 0) is 61.5 Å². The van der Waals surface area contributed by atoms with E-state index >= 15 is 0 Å². The van der Waals surface area contributed by atoms with Gasteiger partial charge in [0.2, 0.25) is 0 Å². The first-order valence-electron chi connectivity index (χ1n) is 15.8. The van der Waals surface area contributed by atoms with Gasteiger partial charge in [0.05, 0.1) is 22.6 Å². The largest absolute Gasteiger partial charge is 2.00 e. The van der Waals surface area contributed by atoms with Crippen molar-refractivity contribution in [2.24, 2.45) is 23.7 Å².